The number of methoxy groups -OCH3 is 1. The van der Waals surface area contributed by atoms with Crippen molar-refractivity contribution in [2.24, 2.45) is 0 Å². The van der Waals surface area contributed by atoms with Crippen molar-refractivity contribution in [2.45, 2.75) is 11.1 Å². The molecule has 4 heterocycles. The van der Waals surface area contributed by atoms with Crippen LogP contribution >= 0.6 is 23.3 Å². The molecule has 30 heavy (non-hydrogen) atoms. The Morgan fingerprint density at radius 1 is 1.23 bits per heavy atom. The van der Waals surface area contributed by atoms with Crippen LogP contribution in [0.5, 0.6) is 5.88 Å². The van der Waals surface area contributed by atoms with Gasteiger partial charge in [0.2, 0.25) is 5.88 Å². The highest BCUT2D eigenvalue weighted by molar-refractivity contribution is 8.02. The van der Waals surface area contributed by atoms with E-state index in [1.54, 1.807) is 31.0 Å². The number of hydrogen-bond donors (Lipinski definition) is 1. The van der Waals surface area contributed by atoms with Crippen LogP contribution in [-0.4, -0.2) is 48.4 Å². The van der Waals surface area contributed by atoms with E-state index >= 15 is 0 Å². The quantitative estimate of drug-likeness (QED) is 0.478. The van der Waals surface area contributed by atoms with Crippen molar-refractivity contribution in [3.05, 3.63) is 52.9 Å². The summed E-state index contributed by atoms with van der Waals surface area (Å²) in [4.78, 5) is 15.4. The first-order valence-corrected chi connectivity index (χ1v) is 11.1. The minimum atomic E-state index is 0.526. The topological polar surface area (TPSA) is 72.4 Å². The predicted octanol–water partition coefficient (Wildman–Crippen LogP) is 3.61. The molecule has 1 saturated heterocycles. The van der Waals surface area contributed by atoms with Crippen LogP contribution in [0, 0.1) is 18.8 Å². The zero-order valence-corrected chi connectivity index (χ0v) is 18.3. The van der Waals surface area contributed by atoms with Gasteiger partial charge in [-0.2, -0.15) is 0 Å². The van der Waals surface area contributed by atoms with Crippen molar-refractivity contribution in [1.29, 1.82) is 0 Å². The van der Waals surface area contributed by atoms with Crippen LogP contribution < -0.4 is 14.4 Å². The highest BCUT2D eigenvalue weighted by atomic mass is 32.2. The van der Waals surface area contributed by atoms with Gasteiger partial charge < -0.3 is 19.1 Å². The third kappa shape index (κ3) is 4.84. The summed E-state index contributed by atoms with van der Waals surface area (Å²) >= 11 is 3.19. The highest BCUT2D eigenvalue weighted by Crippen LogP contribution is 2.30. The van der Waals surface area contributed by atoms with Gasteiger partial charge in [-0.3, -0.25) is 0 Å². The lowest BCUT2D eigenvalue weighted by Crippen LogP contribution is -2.37. The van der Waals surface area contributed by atoms with E-state index in [1.165, 1.54) is 11.9 Å². The molecule has 1 N–H and O–H groups in total. The second-order valence-corrected chi connectivity index (χ2v) is 8.48. The summed E-state index contributed by atoms with van der Waals surface area (Å²) in [5, 5.41) is 2.04. The van der Waals surface area contributed by atoms with Gasteiger partial charge >= 0.3 is 0 Å². The van der Waals surface area contributed by atoms with Gasteiger partial charge in [0.25, 0.3) is 0 Å². The maximum atomic E-state index is 5.46. The molecule has 1 aliphatic rings. The normalized spacial score (nSPS) is 13.5. The van der Waals surface area contributed by atoms with E-state index in [0.29, 0.717) is 19.1 Å². The van der Waals surface area contributed by atoms with Crippen molar-refractivity contribution in [3.8, 4) is 17.7 Å². The average molecular weight is 440 g/mol. The fourth-order valence-electron chi connectivity index (χ4n) is 2.94. The molecular weight excluding hydrogens is 418 g/mol. The van der Waals surface area contributed by atoms with Crippen LogP contribution in [0.3, 0.4) is 0 Å². The fourth-order valence-corrected chi connectivity index (χ4v) is 4.38. The number of anilines is 2. The van der Waals surface area contributed by atoms with Crippen LogP contribution in [0.15, 0.2) is 40.3 Å². The Kier molecular flexibility index (Phi) is 6.69. The van der Waals surface area contributed by atoms with Crippen molar-refractivity contribution in [1.82, 2.24) is 15.0 Å². The minimum Gasteiger partial charge on any atom is -0.480 e. The van der Waals surface area contributed by atoms with Crippen LogP contribution in [0.25, 0.3) is 0 Å². The molecule has 0 amide bonds. The SMILES string of the molecule is COc1ncc(C#Cc2c(C)ncnc2N2CCOCC2)cc1NSc1cccs1. The number of aromatic nitrogens is 3. The first-order valence-electron chi connectivity index (χ1n) is 9.41. The Morgan fingerprint density at radius 2 is 2.10 bits per heavy atom. The number of rotatable bonds is 5. The van der Waals surface area contributed by atoms with E-state index in [0.717, 1.165) is 45.6 Å². The van der Waals surface area contributed by atoms with Gasteiger partial charge in [-0.1, -0.05) is 17.9 Å². The molecular formula is C21H21N5O2S2. The number of pyridine rings is 1. The number of aryl methyl sites for hydroxylation is 1. The molecule has 0 aromatic carbocycles. The maximum absolute atomic E-state index is 5.46. The highest BCUT2D eigenvalue weighted by Gasteiger charge is 2.17. The first kappa shape index (κ1) is 20.5. The first-order chi connectivity index (χ1) is 14.7. The van der Waals surface area contributed by atoms with E-state index < -0.39 is 0 Å². The molecule has 154 valence electrons. The summed E-state index contributed by atoms with van der Waals surface area (Å²) in [6.07, 6.45) is 3.30. The molecule has 4 rings (SSSR count). The minimum absolute atomic E-state index is 0.526. The van der Waals surface area contributed by atoms with Crippen molar-refractivity contribution < 1.29 is 9.47 Å². The zero-order valence-electron chi connectivity index (χ0n) is 16.7. The van der Waals surface area contributed by atoms with Crippen LogP contribution in [0.1, 0.15) is 16.8 Å². The Labute approximate surface area is 184 Å². The molecule has 0 unspecified atom stereocenters. The van der Waals surface area contributed by atoms with Gasteiger partial charge in [-0.15, -0.1) is 11.3 Å². The number of hydrogen-bond acceptors (Lipinski definition) is 9. The van der Waals surface area contributed by atoms with Gasteiger partial charge in [0, 0.05) is 24.8 Å². The molecule has 7 nitrogen and oxygen atoms in total. The van der Waals surface area contributed by atoms with Gasteiger partial charge in [0.15, 0.2) is 0 Å². The second-order valence-electron chi connectivity index (χ2n) is 6.42. The van der Waals surface area contributed by atoms with E-state index in [9.17, 15) is 0 Å². The number of nitrogens with one attached hydrogen (secondary N) is 1. The van der Waals surface area contributed by atoms with E-state index in [1.807, 2.05) is 24.4 Å². The van der Waals surface area contributed by atoms with Gasteiger partial charge in [0.05, 0.1) is 35.8 Å². The summed E-state index contributed by atoms with van der Waals surface area (Å²) in [5.74, 6) is 7.85. The largest absolute Gasteiger partial charge is 0.480 e. The van der Waals surface area contributed by atoms with Crippen molar-refractivity contribution in [3.63, 3.8) is 0 Å². The molecule has 0 aliphatic carbocycles. The standard InChI is InChI=1S/C21H21N5O2S2/c1-15-17(20(24-14-23-15)26-7-9-28-10-8-26)6-5-16-12-18(21(27-2)22-13-16)25-30-19-4-3-11-29-19/h3-4,11-14,25H,7-10H2,1-2H3. The second kappa shape index (κ2) is 9.80. The van der Waals surface area contributed by atoms with Gasteiger partial charge in [-0.05, 0) is 36.4 Å². The lowest BCUT2D eigenvalue weighted by atomic mass is 10.2. The molecule has 0 spiro atoms. The van der Waals surface area contributed by atoms with E-state index in [2.05, 4.69) is 42.5 Å². The summed E-state index contributed by atoms with van der Waals surface area (Å²) < 4.78 is 15.3. The lowest BCUT2D eigenvalue weighted by Gasteiger charge is -2.28. The van der Waals surface area contributed by atoms with Gasteiger partial charge in [0.1, 0.15) is 17.8 Å². The molecule has 3 aromatic heterocycles. The van der Waals surface area contributed by atoms with Crippen molar-refractivity contribution >= 4 is 34.8 Å². The van der Waals surface area contributed by atoms with Crippen LogP contribution in [0.2, 0.25) is 0 Å². The Hall–Kier alpha value is -2.80. The Bertz CT molecular complexity index is 1060. The van der Waals surface area contributed by atoms with Crippen molar-refractivity contribution in [2.75, 3.05) is 43.0 Å². The molecule has 1 aliphatic heterocycles. The molecule has 9 heteroatoms. The fraction of sp³-hybridized carbons (Fsp3) is 0.286. The number of thiophene rings is 1. The summed E-state index contributed by atoms with van der Waals surface area (Å²) in [6, 6.07) is 6.01. The Morgan fingerprint density at radius 3 is 2.87 bits per heavy atom. The zero-order chi connectivity index (χ0) is 20.8. The lowest BCUT2D eigenvalue weighted by molar-refractivity contribution is 0.122. The predicted molar refractivity (Wildman–Crippen MR) is 120 cm³/mol. The van der Waals surface area contributed by atoms with Crippen LogP contribution in [-0.2, 0) is 4.74 Å². The monoisotopic (exact) mass is 439 g/mol. The van der Waals surface area contributed by atoms with E-state index in [4.69, 9.17) is 9.47 Å². The van der Waals surface area contributed by atoms with E-state index in [-0.39, 0.29) is 0 Å². The Balaban J connectivity index is 1.60. The third-order valence-electron chi connectivity index (χ3n) is 4.46. The summed E-state index contributed by atoms with van der Waals surface area (Å²) in [5.41, 5.74) is 3.24. The van der Waals surface area contributed by atoms with Crippen LogP contribution in [0.4, 0.5) is 11.5 Å². The molecule has 0 bridgehead atoms. The molecule has 0 radical (unpaired) electrons. The summed E-state index contributed by atoms with van der Waals surface area (Å²) in [6.45, 7) is 4.92. The molecule has 3 aromatic rings. The summed E-state index contributed by atoms with van der Waals surface area (Å²) in [7, 11) is 1.61. The molecule has 0 atom stereocenters. The maximum Gasteiger partial charge on any atom is 0.238 e. The van der Waals surface area contributed by atoms with Gasteiger partial charge in [-0.25, -0.2) is 15.0 Å². The number of morpholine rings is 1. The smallest absolute Gasteiger partial charge is 0.238 e. The number of ether oxygens (including phenoxy) is 2. The third-order valence-corrected chi connectivity index (χ3v) is 6.32. The molecule has 0 saturated carbocycles. The average Bonchev–Trinajstić information content (AvgIpc) is 3.31. The molecule has 1 fully saturated rings. The number of nitrogens with zero attached hydrogens (tertiary/aromatic N) is 4.